The van der Waals surface area contributed by atoms with Crippen LogP contribution in [0.4, 0.5) is 0 Å². The molecule has 0 radical (unpaired) electrons. The van der Waals surface area contributed by atoms with Gasteiger partial charge in [0.05, 0.1) is 36.3 Å². The zero-order valence-electron chi connectivity index (χ0n) is 9.75. The lowest BCUT2D eigenvalue weighted by molar-refractivity contribution is 0.0649. The Morgan fingerprint density at radius 1 is 1.29 bits per heavy atom. The number of rotatable bonds is 3. The monoisotopic (exact) mass is 258 g/mol. The second-order valence-corrected chi connectivity index (χ2v) is 7.13. The predicted molar refractivity (Wildman–Crippen MR) is 63.0 cm³/mol. The van der Waals surface area contributed by atoms with E-state index in [0.717, 1.165) is 25.7 Å². The number of aliphatic hydroxyl groups is 1. The number of hydrogen-bond donors (Lipinski definition) is 1. The first-order valence-electron chi connectivity index (χ1n) is 6.04. The van der Waals surface area contributed by atoms with Gasteiger partial charge in [-0.1, -0.05) is 12.8 Å². The molecule has 1 heterocycles. The van der Waals surface area contributed by atoms with Gasteiger partial charge in [0, 0.05) is 6.04 Å². The van der Waals surface area contributed by atoms with Gasteiger partial charge in [0.25, 0.3) is 0 Å². The van der Waals surface area contributed by atoms with Crippen LogP contribution in [0.15, 0.2) is 0 Å². The number of hydrogen-bond acceptors (Lipinski definition) is 5. The SMILES string of the molecule is N#CCN(C1CCCC1)C1CS(=O)(=O)CC1O. The summed E-state index contributed by atoms with van der Waals surface area (Å²) < 4.78 is 23.0. The largest absolute Gasteiger partial charge is 0.390 e. The van der Waals surface area contributed by atoms with Gasteiger partial charge in [-0.25, -0.2) is 8.42 Å². The first-order valence-corrected chi connectivity index (χ1v) is 7.87. The summed E-state index contributed by atoms with van der Waals surface area (Å²) in [7, 11) is -3.14. The average Bonchev–Trinajstić information content (AvgIpc) is 2.83. The van der Waals surface area contributed by atoms with Crippen LogP contribution in [-0.2, 0) is 9.84 Å². The zero-order valence-corrected chi connectivity index (χ0v) is 10.6. The van der Waals surface area contributed by atoms with Gasteiger partial charge in [0.2, 0.25) is 0 Å². The molecule has 0 spiro atoms. The highest BCUT2D eigenvalue weighted by Crippen LogP contribution is 2.28. The number of nitrogens with zero attached hydrogens (tertiary/aromatic N) is 2. The summed E-state index contributed by atoms with van der Waals surface area (Å²) in [5.41, 5.74) is 0. The van der Waals surface area contributed by atoms with Crippen LogP contribution in [0.1, 0.15) is 25.7 Å². The fourth-order valence-electron chi connectivity index (χ4n) is 2.96. The van der Waals surface area contributed by atoms with Crippen molar-refractivity contribution in [2.45, 2.75) is 43.9 Å². The Bertz CT molecular complexity index is 409. The molecule has 0 aromatic heterocycles. The highest BCUT2D eigenvalue weighted by atomic mass is 32.2. The Hall–Kier alpha value is -0.640. The molecule has 0 aromatic rings. The lowest BCUT2D eigenvalue weighted by atomic mass is 10.1. The summed E-state index contributed by atoms with van der Waals surface area (Å²) in [4.78, 5) is 1.90. The third kappa shape index (κ3) is 2.79. The zero-order chi connectivity index (χ0) is 12.5. The topological polar surface area (TPSA) is 81.4 Å². The van der Waals surface area contributed by atoms with E-state index < -0.39 is 15.9 Å². The van der Waals surface area contributed by atoms with E-state index in [1.807, 2.05) is 4.90 Å². The maximum atomic E-state index is 11.5. The molecule has 6 heteroatoms. The molecule has 96 valence electrons. The lowest BCUT2D eigenvalue weighted by Crippen LogP contribution is -2.48. The van der Waals surface area contributed by atoms with Crippen molar-refractivity contribution in [3.8, 4) is 6.07 Å². The lowest BCUT2D eigenvalue weighted by Gasteiger charge is -2.33. The van der Waals surface area contributed by atoms with E-state index in [1.165, 1.54) is 0 Å². The third-order valence-corrected chi connectivity index (χ3v) is 5.47. The minimum absolute atomic E-state index is 0.00759. The second kappa shape index (κ2) is 4.92. The maximum absolute atomic E-state index is 11.5. The van der Waals surface area contributed by atoms with Crippen molar-refractivity contribution in [2.24, 2.45) is 0 Å². The molecular formula is C11H18N2O3S. The molecule has 1 N–H and O–H groups in total. The minimum Gasteiger partial charge on any atom is -0.390 e. The Labute approximate surface area is 102 Å². The summed E-state index contributed by atoms with van der Waals surface area (Å²) in [6.07, 6.45) is 3.43. The maximum Gasteiger partial charge on any atom is 0.154 e. The molecule has 1 saturated heterocycles. The van der Waals surface area contributed by atoms with Crippen LogP contribution in [0.5, 0.6) is 0 Å². The van der Waals surface area contributed by atoms with Crippen LogP contribution >= 0.6 is 0 Å². The molecule has 2 unspecified atom stereocenters. The van der Waals surface area contributed by atoms with Crippen LogP contribution in [-0.4, -0.2) is 54.7 Å². The molecule has 2 aliphatic rings. The molecule has 5 nitrogen and oxygen atoms in total. The first kappa shape index (κ1) is 12.8. The van der Waals surface area contributed by atoms with Gasteiger partial charge in [0.1, 0.15) is 0 Å². The van der Waals surface area contributed by atoms with Crippen molar-refractivity contribution in [3.05, 3.63) is 0 Å². The molecule has 2 atom stereocenters. The highest BCUT2D eigenvalue weighted by Gasteiger charge is 2.42. The molecule has 17 heavy (non-hydrogen) atoms. The Morgan fingerprint density at radius 3 is 2.41 bits per heavy atom. The van der Waals surface area contributed by atoms with E-state index in [2.05, 4.69) is 6.07 Å². The van der Waals surface area contributed by atoms with E-state index in [9.17, 15) is 13.5 Å². The average molecular weight is 258 g/mol. The normalized spacial score (nSPS) is 33.0. The number of aliphatic hydroxyl groups excluding tert-OH is 1. The summed E-state index contributed by atoms with van der Waals surface area (Å²) >= 11 is 0. The molecule has 2 rings (SSSR count). The van der Waals surface area contributed by atoms with Crippen molar-refractivity contribution in [1.82, 2.24) is 4.90 Å². The van der Waals surface area contributed by atoms with Gasteiger partial charge in [-0.15, -0.1) is 0 Å². The molecule has 1 aliphatic heterocycles. The second-order valence-electron chi connectivity index (χ2n) is 4.98. The van der Waals surface area contributed by atoms with Gasteiger partial charge in [0.15, 0.2) is 9.84 Å². The summed E-state index contributed by atoms with van der Waals surface area (Å²) in [5, 5.41) is 18.7. The predicted octanol–water partition coefficient (Wildman–Crippen LogP) is -0.0875. The molecular weight excluding hydrogens is 240 g/mol. The summed E-state index contributed by atoms with van der Waals surface area (Å²) in [6.45, 7) is 0.210. The van der Waals surface area contributed by atoms with Crippen LogP contribution in [0, 0.1) is 11.3 Å². The smallest absolute Gasteiger partial charge is 0.154 e. The van der Waals surface area contributed by atoms with Crippen molar-refractivity contribution >= 4 is 9.84 Å². The first-order chi connectivity index (χ1) is 8.03. The Kier molecular flexibility index (Phi) is 3.71. The molecule has 1 saturated carbocycles. The van der Waals surface area contributed by atoms with Crippen LogP contribution in [0.25, 0.3) is 0 Å². The minimum atomic E-state index is -3.14. The fraction of sp³-hybridized carbons (Fsp3) is 0.909. The van der Waals surface area contributed by atoms with E-state index in [1.54, 1.807) is 0 Å². The van der Waals surface area contributed by atoms with Crippen LogP contribution in [0.2, 0.25) is 0 Å². The van der Waals surface area contributed by atoms with Crippen LogP contribution in [0.3, 0.4) is 0 Å². The van der Waals surface area contributed by atoms with E-state index in [4.69, 9.17) is 5.26 Å². The summed E-state index contributed by atoms with van der Waals surface area (Å²) in [5.74, 6) is -0.168. The van der Waals surface area contributed by atoms with Gasteiger partial charge >= 0.3 is 0 Å². The van der Waals surface area contributed by atoms with E-state index >= 15 is 0 Å². The van der Waals surface area contributed by atoms with Crippen LogP contribution < -0.4 is 0 Å². The van der Waals surface area contributed by atoms with Gasteiger partial charge in [-0.3, -0.25) is 4.90 Å². The van der Waals surface area contributed by atoms with Crippen molar-refractivity contribution in [2.75, 3.05) is 18.1 Å². The third-order valence-electron chi connectivity index (χ3n) is 3.77. The summed E-state index contributed by atoms with van der Waals surface area (Å²) in [6, 6.07) is 1.97. The molecule has 0 aromatic carbocycles. The fourth-order valence-corrected chi connectivity index (χ4v) is 4.77. The van der Waals surface area contributed by atoms with E-state index in [0.29, 0.717) is 0 Å². The highest BCUT2D eigenvalue weighted by molar-refractivity contribution is 7.91. The molecule has 0 amide bonds. The standard InChI is InChI=1S/C11H18N2O3S/c12-5-6-13(9-3-1-2-4-9)10-7-17(15,16)8-11(10)14/h9-11,14H,1-4,6-8H2. The van der Waals surface area contributed by atoms with Gasteiger partial charge < -0.3 is 5.11 Å². The van der Waals surface area contributed by atoms with Crippen molar-refractivity contribution < 1.29 is 13.5 Å². The van der Waals surface area contributed by atoms with E-state index in [-0.39, 0.29) is 30.1 Å². The van der Waals surface area contributed by atoms with Crippen molar-refractivity contribution in [3.63, 3.8) is 0 Å². The number of sulfone groups is 1. The van der Waals surface area contributed by atoms with Gasteiger partial charge in [-0.2, -0.15) is 5.26 Å². The Balaban J connectivity index is 2.13. The molecule has 1 aliphatic carbocycles. The number of nitriles is 1. The molecule has 0 bridgehead atoms. The van der Waals surface area contributed by atoms with Gasteiger partial charge in [-0.05, 0) is 12.8 Å². The quantitative estimate of drug-likeness (QED) is 0.716. The van der Waals surface area contributed by atoms with Crippen molar-refractivity contribution in [1.29, 1.82) is 5.26 Å². The molecule has 2 fully saturated rings. The Morgan fingerprint density at radius 2 is 1.94 bits per heavy atom.